The van der Waals surface area contributed by atoms with E-state index >= 15 is 0 Å². The Hall–Kier alpha value is -3.15. The first kappa shape index (κ1) is 18.6. The van der Waals surface area contributed by atoms with Crippen LogP contribution < -0.4 is 4.90 Å². The molecule has 6 heteroatoms. The van der Waals surface area contributed by atoms with E-state index in [1.54, 1.807) is 0 Å². The first-order valence-corrected chi connectivity index (χ1v) is 8.89. The van der Waals surface area contributed by atoms with Crippen molar-refractivity contribution in [1.29, 1.82) is 0 Å². The molecule has 140 valence electrons. The van der Waals surface area contributed by atoms with Gasteiger partial charge in [0.15, 0.2) is 0 Å². The molecule has 6 nitrogen and oxygen atoms in total. The second-order valence-corrected chi connectivity index (χ2v) is 6.75. The lowest BCUT2D eigenvalue weighted by molar-refractivity contribution is -0.141. The zero-order valence-corrected chi connectivity index (χ0v) is 15.5. The van der Waals surface area contributed by atoms with Crippen molar-refractivity contribution in [1.82, 2.24) is 5.01 Å². The zero-order valence-electron chi connectivity index (χ0n) is 15.5. The quantitative estimate of drug-likeness (QED) is 0.852. The van der Waals surface area contributed by atoms with Crippen molar-refractivity contribution in [3.8, 4) is 0 Å². The van der Waals surface area contributed by atoms with Crippen LogP contribution in [0.25, 0.3) is 0 Å². The molecular weight excluding hydrogens is 342 g/mol. The third-order valence-electron chi connectivity index (χ3n) is 4.62. The highest BCUT2D eigenvalue weighted by atomic mass is 16.4. The summed E-state index contributed by atoms with van der Waals surface area (Å²) in [4.78, 5) is 25.5. The molecule has 1 aliphatic heterocycles. The zero-order chi connectivity index (χ0) is 19.4. The minimum absolute atomic E-state index is 0.0605. The van der Waals surface area contributed by atoms with Crippen LogP contribution >= 0.6 is 0 Å². The summed E-state index contributed by atoms with van der Waals surface area (Å²) in [6, 6.07) is 17.5. The number of hydrogen-bond acceptors (Lipinski definition) is 4. The fraction of sp³-hybridized carbons (Fsp3) is 0.286. The standard InChI is InChI=1S/C21H23N3O3/c1-23(2)17-10-8-15(9-11-17)18-14-19(16-6-4-3-5-7-16)24(22-18)20(25)12-13-21(26)27/h3-11,19H,12-14H2,1-2H3,(H,26,27)/t19-/m0/s1. The summed E-state index contributed by atoms with van der Waals surface area (Å²) in [7, 11) is 3.97. The van der Waals surface area contributed by atoms with Crippen LogP contribution in [0.2, 0.25) is 0 Å². The van der Waals surface area contributed by atoms with Crippen molar-refractivity contribution < 1.29 is 14.7 Å². The van der Waals surface area contributed by atoms with Gasteiger partial charge in [0.05, 0.1) is 18.2 Å². The van der Waals surface area contributed by atoms with Crippen molar-refractivity contribution in [2.24, 2.45) is 5.10 Å². The maximum Gasteiger partial charge on any atom is 0.303 e. The number of nitrogens with zero attached hydrogens (tertiary/aromatic N) is 3. The molecule has 27 heavy (non-hydrogen) atoms. The summed E-state index contributed by atoms with van der Waals surface area (Å²) in [6.45, 7) is 0. The normalized spacial score (nSPS) is 16.1. The van der Waals surface area contributed by atoms with E-state index in [4.69, 9.17) is 5.11 Å². The number of carboxylic acid groups (broad SMARTS) is 1. The lowest BCUT2D eigenvalue weighted by Crippen LogP contribution is -2.27. The van der Waals surface area contributed by atoms with Crippen LogP contribution in [0.3, 0.4) is 0 Å². The van der Waals surface area contributed by atoms with Gasteiger partial charge in [0, 0.05) is 32.6 Å². The summed E-state index contributed by atoms with van der Waals surface area (Å²) in [5.74, 6) is -1.26. The van der Waals surface area contributed by atoms with Crippen LogP contribution in [0, 0.1) is 0 Å². The average Bonchev–Trinajstić information content (AvgIpc) is 3.12. The fourth-order valence-corrected chi connectivity index (χ4v) is 3.13. The molecule has 2 aromatic rings. The number of anilines is 1. The highest BCUT2D eigenvalue weighted by Crippen LogP contribution is 2.33. The molecule has 0 spiro atoms. The molecule has 1 aliphatic rings. The lowest BCUT2D eigenvalue weighted by Gasteiger charge is -2.21. The Morgan fingerprint density at radius 3 is 2.33 bits per heavy atom. The Morgan fingerprint density at radius 2 is 1.74 bits per heavy atom. The van der Waals surface area contributed by atoms with Gasteiger partial charge in [0.2, 0.25) is 5.91 Å². The molecular formula is C21H23N3O3. The number of hydrogen-bond donors (Lipinski definition) is 1. The van der Waals surface area contributed by atoms with Crippen molar-refractivity contribution in [3.63, 3.8) is 0 Å². The Morgan fingerprint density at radius 1 is 1.07 bits per heavy atom. The largest absolute Gasteiger partial charge is 0.481 e. The number of hydrazone groups is 1. The molecule has 1 atom stereocenters. The molecule has 0 saturated carbocycles. The van der Waals surface area contributed by atoms with Gasteiger partial charge < -0.3 is 10.0 Å². The highest BCUT2D eigenvalue weighted by Gasteiger charge is 2.32. The molecule has 0 bridgehead atoms. The lowest BCUT2D eigenvalue weighted by atomic mass is 9.98. The molecule has 0 saturated heterocycles. The number of amides is 1. The van der Waals surface area contributed by atoms with Crippen molar-refractivity contribution in [2.75, 3.05) is 19.0 Å². The summed E-state index contributed by atoms with van der Waals surface area (Å²) >= 11 is 0. The van der Waals surface area contributed by atoms with Crippen LogP contribution in [-0.4, -0.2) is 41.8 Å². The molecule has 1 heterocycles. The smallest absolute Gasteiger partial charge is 0.303 e. The molecule has 0 aromatic heterocycles. The molecule has 0 fully saturated rings. The van der Waals surface area contributed by atoms with E-state index in [1.807, 2.05) is 73.6 Å². The Bertz CT molecular complexity index is 845. The van der Waals surface area contributed by atoms with E-state index < -0.39 is 5.97 Å². The second kappa shape index (κ2) is 8.03. The minimum Gasteiger partial charge on any atom is -0.481 e. The van der Waals surface area contributed by atoms with Gasteiger partial charge >= 0.3 is 5.97 Å². The van der Waals surface area contributed by atoms with Crippen LogP contribution in [0.5, 0.6) is 0 Å². The number of aliphatic carboxylic acids is 1. The van der Waals surface area contributed by atoms with Gasteiger partial charge in [-0.05, 0) is 23.3 Å². The third kappa shape index (κ3) is 4.34. The van der Waals surface area contributed by atoms with E-state index in [9.17, 15) is 9.59 Å². The summed E-state index contributed by atoms with van der Waals surface area (Å²) in [5, 5.41) is 14.9. The minimum atomic E-state index is -0.984. The van der Waals surface area contributed by atoms with Gasteiger partial charge in [0.25, 0.3) is 0 Å². The molecule has 3 rings (SSSR count). The third-order valence-corrected chi connectivity index (χ3v) is 4.62. The predicted octanol–water partition coefficient (Wildman–Crippen LogP) is 3.30. The van der Waals surface area contributed by atoms with Gasteiger partial charge in [-0.15, -0.1) is 0 Å². The molecule has 0 unspecified atom stereocenters. The molecule has 2 aromatic carbocycles. The first-order chi connectivity index (χ1) is 13.0. The monoisotopic (exact) mass is 365 g/mol. The average molecular weight is 365 g/mol. The van der Waals surface area contributed by atoms with Crippen LogP contribution in [0.4, 0.5) is 5.69 Å². The van der Waals surface area contributed by atoms with Gasteiger partial charge in [-0.2, -0.15) is 5.10 Å². The Kier molecular flexibility index (Phi) is 5.54. The number of carboxylic acids is 1. The molecule has 0 radical (unpaired) electrons. The van der Waals surface area contributed by atoms with E-state index in [0.29, 0.717) is 6.42 Å². The van der Waals surface area contributed by atoms with Gasteiger partial charge in [-0.1, -0.05) is 42.5 Å². The van der Waals surface area contributed by atoms with Crippen LogP contribution in [0.1, 0.15) is 36.4 Å². The maximum atomic E-state index is 12.6. The second-order valence-electron chi connectivity index (χ2n) is 6.75. The van der Waals surface area contributed by atoms with Crippen molar-refractivity contribution in [2.45, 2.75) is 25.3 Å². The van der Waals surface area contributed by atoms with Gasteiger partial charge in [-0.3, -0.25) is 9.59 Å². The van der Waals surface area contributed by atoms with Gasteiger partial charge in [-0.25, -0.2) is 5.01 Å². The van der Waals surface area contributed by atoms with Crippen molar-refractivity contribution >= 4 is 23.3 Å². The number of benzene rings is 2. The maximum absolute atomic E-state index is 12.6. The van der Waals surface area contributed by atoms with E-state index in [2.05, 4.69) is 5.10 Å². The molecule has 1 N–H and O–H groups in total. The Balaban J connectivity index is 1.87. The van der Waals surface area contributed by atoms with Crippen molar-refractivity contribution in [3.05, 3.63) is 65.7 Å². The molecule has 1 amide bonds. The Labute approximate surface area is 158 Å². The first-order valence-electron chi connectivity index (χ1n) is 8.89. The van der Waals surface area contributed by atoms with Crippen LogP contribution in [0.15, 0.2) is 59.7 Å². The summed E-state index contributed by atoms with van der Waals surface area (Å²) in [5.41, 5.74) is 3.88. The van der Waals surface area contributed by atoms with E-state index in [-0.39, 0.29) is 24.8 Å². The van der Waals surface area contributed by atoms with Gasteiger partial charge in [0.1, 0.15) is 0 Å². The summed E-state index contributed by atoms with van der Waals surface area (Å²) < 4.78 is 0. The number of carbonyl (C=O) groups is 2. The van der Waals surface area contributed by atoms with Crippen LogP contribution in [-0.2, 0) is 9.59 Å². The predicted molar refractivity (Wildman–Crippen MR) is 105 cm³/mol. The fourth-order valence-electron chi connectivity index (χ4n) is 3.13. The number of rotatable bonds is 6. The van der Waals surface area contributed by atoms with E-state index in [1.165, 1.54) is 5.01 Å². The topological polar surface area (TPSA) is 73.2 Å². The molecule has 0 aliphatic carbocycles. The summed E-state index contributed by atoms with van der Waals surface area (Å²) in [6.07, 6.45) is 0.346. The highest BCUT2D eigenvalue weighted by molar-refractivity contribution is 6.03. The number of carbonyl (C=O) groups excluding carboxylic acids is 1. The van der Waals surface area contributed by atoms with E-state index in [0.717, 1.165) is 22.5 Å². The SMILES string of the molecule is CN(C)c1ccc(C2=NN(C(=O)CCC(=O)O)[C@H](c3ccccc3)C2)cc1.